The standard InChI is InChI=1S/C14H13N3O3/c15-14(16)11-6-4-10(5-7-11)9-20-13-3-1-2-12(8-13)17(18)19/h1-8H,9H2,(H3,15,16). The van der Waals surface area contributed by atoms with E-state index in [0.29, 0.717) is 17.9 Å². The summed E-state index contributed by atoms with van der Waals surface area (Å²) in [7, 11) is 0. The third kappa shape index (κ3) is 3.32. The van der Waals surface area contributed by atoms with Gasteiger partial charge in [-0.2, -0.15) is 0 Å². The predicted molar refractivity (Wildman–Crippen MR) is 74.9 cm³/mol. The molecule has 0 unspecified atom stereocenters. The molecule has 0 heterocycles. The molecule has 0 fully saturated rings. The molecule has 2 aromatic carbocycles. The first-order chi connectivity index (χ1) is 9.56. The van der Waals surface area contributed by atoms with Crippen molar-refractivity contribution in [2.75, 3.05) is 0 Å². The van der Waals surface area contributed by atoms with Crippen molar-refractivity contribution in [1.82, 2.24) is 0 Å². The summed E-state index contributed by atoms with van der Waals surface area (Å²) in [6.07, 6.45) is 0. The van der Waals surface area contributed by atoms with Crippen LogP contribution in [0.25, 0.3) is 0 Å². The first-order valence-electron chi connectivity index (χ1n) is 5.87. The highest BCUT2D eigenvalue weighted by molar-refractivity contribution is 5.94. The Bertz CT molecular complexity index is 638. The second kappa shape index (κ2) is 5.83. The van der Waals surface area contributed by atoms with Crippen molar-refractivity contribution in [2.24, 2.45) is 5.73 Å². The van der Waals surface area contributed by atoms with Crippen LogP contribution in [0.15, 0.2) is 48.5 Å². The van der Waals surface area contributed by atoms with Gasteiger partial charge in [0.1, 0.15) is 18.2 Å². The molecule has 3 N–H and O–H groups in total. The number of nitrogens with two attached hydrogens (primary N) is 1. The Morgan fingerprint density at radius 1 is 1.25 bits per heavy atom. The molecule has 6 nitrogen and oxygen atoms in total. The fourth-order valence-electron chi connectivity index (χ4n) is 1.63. The monoisotopic (exact) mass is 271 g/mol. The number of amidine groups is 1. The lowest BCUT2D eigenvalue weighted by atomic mass is 10.1. The van der Waals surface area contributed by atoms with Gasteiger partial charge in [0.15, 0.2) is 0 Å². The first-order valence-corrected chi connectivity index (χ1v) is 5.87. The van der Waals surface area contributed by atoms with Crippen molar-refractivity contribution in [3.63, 3.8) is 0 Å². The zero-order valence-electron chi connectivity index (χ0n) is 10.6. The Morgan fingerprint density at radius 3 is 2.55 bits per heavy atom. The number of benzene rings is 2. The van der Waals surface area contributed by atoms with Crippen LogP contribution in [0.1, 0.15) is 11.1 Å². The maximum absolute atomic E-state index is 10.6. The summed E-state index contributed by atoms with van der Waals surface area (Å²) in [6.45, 7) is 0.291. The number of hydrogen-bond donors (Lipinski definition) is 2. The van der Waals surface area contributed by atoms with Crippen LogP contribution in [0.5, 0.6) is 5.75 Å². The Morgan fingerprint density at radius 2 is 1.95 bits per heavy atom. The van der Waals surface area contributed by atoms with Gasteiger partial charge in [-0.1, -0.05) is 30.3 Å². The lowest BCUT2D eigenvalue weighted by molar-refractivity contribution is -0.384. The summed E-state index contributed by atoms with van der Waals surface area (Å²) in [5.41, 5.74) is 6.89. The summed E-state index contributed by atoms with van der Waals surface area (Å²) in [5.74, 6) is 0.450. The van der Waals surface area contributed by atoms with Crippen LogP contribution in [0.2, 0.25) is 0 Å². The number of nitrogen functional groups attached to an aromatic ring is 1. The van der Waals surface area contributed by atoms with Crippen molar-refractivity contribution in [1.29, 1.82) is 5.41 Å². The second-order valence-corrected chi connectivity index (χ2v) is 4.15. The fourth-order valence-corrected chi connectivity index (χ4v) is 1.63. The van der Waals surface area contributed by atoms with E-state index in [0.717, 1.165) is 5.56 Å². The smallest absolute Gasteiger partial charge is 0.273 e. The van der Waals surface area contributed by atoms with E-state index in [1.165, 1.54) is 12.1 Å². The van der Waals surface area contributed by atoms with Gasteiger partial charge in [0.2, 0.25) is 0 Å². The average Bonchev–Trinajstić information content (AvgIpc) is 2.46. The lowest BCUT2D eigenvalue weighted by Gasteiger charge is -2.06. The van der Waals surface area contributed by atoms with Crippen LogP contribution in [0, 0.1) is 15.5 Å². The summed E-state index contributed by atoms with van der Waals surface area (Å²) in [6, 6.07) is 13.1. The van der Waals surface area contributed by atoms with E-state index >= 15 is 0 Å². The van der Waals surface area contributed by atoms with Crippen LogP contribution in [0.3, 0.4) is 0 Å². The van der Waals surface area contributed by atoms with Gasteiger partial charge in [0.25, 0.3) is 5.69 Å². The van der Waals surface area contributed by atoms with E-state index in [4.69, 9.17) is 15.9 Å². The molecule has 0 bridgehead atoms. The van der Waals surface area contributed by atoms with Gasteiger partial charge in [-0.25, -0.2) is 0 Å². The van der Waals surface area contributed by atoms with Crippen molar-refractivity contribution >= 4 is 11.5 Å². The second-order valence-electron chi connectivity index (χ2n) is 4.15. The van der Waals surface area contributed by atoms with Crippen LogP contribution < -0.4 is 10.5 Å². The fraction of sp³-hybridized carbons (Fsp3) is 0.0714. The van der Waals surface area contributed by atoms with E-state index in [-0.39, 0.29) is 11.5 Å². The molecule has 0 aliphatic carbocycles. The minimum Gasteiger partial charge on any atom is -0.489 e. The zero-order valence-corrected chi connectivity index (χ0v) is 10.6. The molecule has 0 aliphatic heterocycles. The van der Waals surface area contributed by atoms with Crippen molar-refractivity contribution in [2.45, 2.75) is 6.61 Å². The highest BCUT2D eigenvalue weighted by Crippen LogP contribution is 2.20. The van der Waals surface area contributed by atoms with Gasteiger partial charge in [0, 0.05) is 11.6 Å². The van der Waals surface area contributed by atoms with Crippen molar-refractivity contribution < 1.29 is 9.66 Å². The largest absolute Gasteiger partial charge is 0.489 e. The van der Waals surface area contributed by atoms with Gasteiger partial charge in [0.05, 0.1) is 11.0 Å². The van der Waals surface area contributed by atoms with E-state index in [1.54, 1.807) is 36.4 Å². The summed E-state index contributed by atoms with van der Waals surface area (Å²) < 4.78 is 5.49. The molecule has 20 heavy (non-hydrogen) atoms. The maximum atomic E-state index is 10.6. The van der Waals surface area contributed by atoms with E-state index in [1.807, 2.05) is 0 Å². The number of nitrogens with zero attached hydrogens (tertiary/aromatic N) is 1. The first kappa shape index (κ1) is 13.5. The predicted octanol–water partition coefficient (Wildman–Crippen LogP) is 2.46. The molecule has 0 atom stereocenters. The summed E-state index contributed by atoms with van der Waals surface area (Å²) in [5, 5.41) is 17.9. The van der Waals surface area contributed by atoms with Crippen LogP contribution in [-0.4, -0.2) is 10.8 Å². The van der Waals surface area contributed by atoms with Gasteiger partial charge in [-0.15, -0.1) is 0 Å². The molecule has 2 aromatic rings. The zero-order chi connectivity index (χ0) is 14.5. The summed E-state index contributed by atoms with van der Waals surface area (Å²) >= 11 is 0. The number of nitro benzene ring substituents is 1. The van der Waals surface area contributed by atoms with Crippen LogP contribution >= 0.6 is 0 Å². The Kier molecular flexibility index (Phi) is 3.95. The topological polar surface area (TPSA) is 102 Å². The number of rotatable bonds is 5. The third-order valence-corrected chi connectivity index (χ3v) is 2.70. The van der Waals surface area contributed by atoms with Crippen LogP contribution in [0.4, 0.5) is 5.69 Å². The van der Waals surface area contributed by atoms with Crippen LogP contribution in [-0.2, 0) is 6.61 Å². The van der Waals surface area contributed by atoms with E-state index in [2.05, 4.69) is 0 Å². The average molecular weight is 271 g/mol. The quantitative estimate of drug-likeness (QED) is 0.377. The molecule has 0 aromatic heterocycles. The number of nitro groups is 1. The Balaban J connectivity index is 2.03. The molecule has 2 rings (SSSR count). The molecule has 0 saturated heterocycles. The molecule has 6 heteroatoms. The Hall–Kier alpha value is -2.89. The highest BCUT2D eigenvalue weighted by atomic mass is 16.6. The number of hydrogen-bond acceptors (Lipinski definition) is 4. The number of non-ortho nitro benzene ring substituents is 1. The molecular weight excluding hydrogens is 258 g/mol. The lowest BCUT2D eigenvalue weighted by Crippen LogP contribution is -2.10. The number of ether oxygens (including phenoxy) is 1. The van der Waals surface area contributed by atoms with Gasteiger partial charge >= 0.3 is 0 Å². The van der Waals surface area contributed by atoms with Crippen molar-refractivity contribution in [3.8, 4) is 5.75 Å². The van der Waals surface area contributed by atoms with Gasteiger partial charge < -0.3 is 10.5 Å². The van der Waals surface area contributed by atoms with Gasteiger partial charge in [-0.3, -0.25) is 15.5 Å². The van der Waals surface area contributed by atoms with E-state index in [9.17, 15) is 10.1 Å². The minimum absolute atomic E-state index is 0.00516. The molecule has 0 amide bonds. The molecule has 0 radical (unpaired) electrons. The highest BCUT2D eigenvalue weighted by Gasteiger charge is 2.06. The van der Waals surface area contributed by atoms with Gasteiger partial charge in [-0.05, 0) is 11.6 Å². The SMILES string of the molecule is N=C(N)c1ccc(COc2cccc([N+](=O)[O-])c2)cc1. The molecule has 0 spiro atoms. The normalized spacial score (nSPS) is 10.0. The third-order valence-electron chi connectivity index (χ3n) is 2.70. The molecule has 0 saturated carbocycles. The maximum Gasteiger partial charge on any atom is 0.273 e. The number of nitrogens with one attached hydrogen (secondary N) is 1. The Labute approximate surface area is 115 Å². The molecule has 102 valence electrons. The molecular formula is C14H13N3O3. The molecule has 0 aliphatic rings. The van der Waals surface area contributed by atoms with E-state index < -0.39 is 4.92 Å². The van der Waals surface area contributed by atoms with Crippen molar-refractivity contribution in [3.05, 3.63) is 69.8 Å². The minimum atomic E-state index is -0.464. The summed E-state index contributed by atoms with van der Waals surface area (Å²) in [4.78, 5) is 10.2.